The predicted molar refractivity (Wildman–Crippen MR) is 501 cm³/mol. The topological polar surface area (TPSA) is 155 Å². The number of hydrogen-bond donors (Lipinski definition) is 0. The zero-order valence-electron chi connectivity index (χ0n) is 63.1. The van der Waals surface area contributed by atoms with Crippen molar-refractivity contribution in [1.82, 2.24) is 60.3 Å². The van der Waals surface area contributed by atoms with Gasteiger partial charge in [-0.15, -0.1) is 20.4 Å². The number of pyridine rings is 8. The second kappa shape index (κ2) is 21.3. The fourth-order valence-electron chi connectivity index (χ4n) is 22.8. The van der Waals surface area contributed by atoms with Gasteiger partial charge >= 0.3 is 139 Å². The van der Waals surface area contributed by atoms with Gasteiger partial charge in [-0.25, -0.2) is 19.9 Å². The number of rotatable bonds is 0. The monoisotopic (exact) mass is 1510 g/mol. The molecule has 0 aliphatic heterocycles. The van der Waals surface area contributed by atoms with Crippen molar-refractivity contribution in [2.45, 2.75) is 0 Å². The van der Waals surface area contributed by atoms with E-state index >= 15 is 0 Å². The van der Waals surface area contributed by atoms with E-state index in [1.165, 1.54) is 237 Å². The summed E-state index contributed by atoms with van der Waals surface area (Å²) in [6, 6.07) is 82.9. The van der Waals surface area contributed by atoms with Crippen LogP contribution in [-0.4, -0.2) is 73.9 Å². The molecule has 35 rings (SSSR count). The molecule has 24 aromatic carbocycles. The Morgan fingerprint density at radius 1 is 0.117 bits per heavy atom. The summed E-state index contributed by atoms with van der Waals surface area (Å²) in [7, 11) is 0. The van der Waals surface area contributed by atoms with Crippen molar-refractivity contribution in [3.05, 3.63) is 280 Å². The summed E-state index contributed by atoms with van der Waals surface area (Å²) in [6.07, 6.45) is 15.7. The van der Waals surface area contributed by atoms with E-state index in [4.69, 9.17) is 19.9 Å². The molecule has 0 saturated heterocycles. The van der Waals surface area contributed by atoms with E-state index in [-0.39, 0.29) is 0 Å². The molecule has 0 N–H and O–H groups in total. The van der Waals surface area contributed by atoms with Gasteiger partial charge in [0.15, 0.2) is 11.3 Å². The SMILES string of the molecule is b1bc2ccc3ccc4ccc5ccc6ccc1c1c2c3c4c5c61.c1cc2cnc3ccc4ccc5cnc6ccc1c1c2c3c4c5c61.c1cc2cnc3ccc4ccc5ncc6ccc1c1c2c3c4c5c61.c1cc2cnc3ncc4ccc5cnc6ncc1c1c2c3c4c5c61.c1cc2nnc3ccc4ccc5nnc6ccc1c1c2c3c4c5c61. The summed E-state index contributed by atoms with van der Waals surface area (Å²) in [5.41, 5.74) is 9.67. The molecule has 0 unspecified atom stereocenters. The molecule has 0 amide bonds. The van der Waals surface area contributed by atoms with Gasteiger partial charge in [0.2, 0.25) is 0 Å². The average molecular weight is 1510 g/mol. The molecular formula is C106H46B2N12. The first-order valence-electron chi connectivity index (χ1n) is 40.7. The van der Waals surface area contributed by atoms with Crippen LogP contribution >= 0.6 is 0 Å². The van der Waals surface area contributed by atoms with Crippen LogP contribution in [0.5, 0.6) is 0 Å². The maximum atomic E-state index is 4.73. The van der Waals surface area contributed by atoms with Crippen molar-refractivity contribution in [2.24, 2.45) is 0 Å². The molecular weight excluding hydrogens is 1460 g/mol. The molecule has 0 atom stereocenters. The quantitative estimate of drug-likeness (QED) is 0.105. The zero-order chi connectivity index (χ0) is 77.1. The second-order valence-electron chi connectivity index (χ2n) is 33.2. The standard InChI is InChI=1S/C22H10B2.2C22H10N2.2C20H8N4/c1-2-12-4-6-14-8-10-16-22-20(14)18(12)17-11(1)3-5-13-7-9-15(23-24-16)21(22)19(13)17;1-3-13-9-23-16-8-6-12-2-4-14-10-24-15-7-5-11(1)17-19(13)22(16)18(12)20(14)21(15)17;1-3-13-9-23-15-7-5-12-6-8-16-22-18(12)21(15)19(13)17-11(1)2-4-14(10-24-16)20(17)22;1-5-11-17-15-9(1)2-6-12-18(15)20-14(24-23-12)8-4-10-3-7-13(22-21-11)19(17)16(10)20;1-2-10-6-22-20-18-14(10)13-9(1)5-21-19-17(13)15-11(7-23-19)3-4-12(8-24-20)16(15)18/h3*1-10H;2*1-8H. The van der Waals surface area contributed by atoms with Crippen molar-refractivity contribution in [3.8, 4) is 0 Å². The molecule has 120 heavy (non-hydrogen) atoms. The summed E-state index contributed by atoms with van der Waals surface area (Å²) < 4.78 is 0. The van der Waals surface area contributed by atoms with Crippen LogP contribution in [0.1, 0.15) is 0 Å². The molecule has 0 bridgehead atoms. The molecule has 536 valence electrons. The third-order valence-corrected chi connectivity index (χ3v) is 27.7. The van der Waals surface area contributed by atoms with Crippen LogP contribution in [0.2, 0.25) is 0 Å². The summed E-state index contributed by atoms with van der Waals surface area (Å²) in [5, 5.41) is 81.9. The molecule has 0 saturated carbocycles. The fraction of sp³-hybridized carbons (Fsp3) is 0. The Kier molecular flexibility index (Phi) is 10.9. The molecule has 0 spiro atoms. The Balaban J connectivity index is 0.0000000732. The van der Waals surface area contributed by atoms with Gasteiger partial charge in [0.05, 0.1) is 44.1 Å². The smallest absolute Gasteiger partial charge is 0.160 e. The van der Waals surface area contributed by atoms with Crippen molar-refractivity contribution in [1.29, 1.82) is 0 Å². The summed E-state index contributed by atoms with van der Waals surface area (Å²) in [4.78, 5) is 37.3. The average Bonchev–Trinajstić information content (AvgIpc) is 0.712. The summed E-state index contributed by atoms with van der Waals surface area (Å²) in [5.74, 6) is 0. The molecule has 0 radical (unpaired) electrons. The normalized spacial score (nSPS) is 12.9. The Morgan fingerprint density at radius 2 is 0.267 bits per heavy atom. The minimum absolute atomic E-state index is 0.808. The maximum Gasteiger partial charge on any atom is 0.160 e. The molecule has 0 aliphatic rings. The largest absolute Gasteiger partial charge is 0.256 e. The van der Waals surface area contributed by atoms with E-state index in [0.29, 0.717) is 0 Å². The van der Waals surface area contributed by atoms with Crippen LogP contribution in [0.25, 0.3) is 325 Å². The van der Waals surface area contributed by atoms with Crippen LogP contribution in [0, 0.1) is 0 Å². The number of aromatic nitrogens is 12. The molecule has 0 fully saturated rings. The van der Waals surface area contributed by atoms with E-state index in [1.54, 1.807) is 0 Å². The Hall–Kier alpha value is -16.1. The molecule has 0 aliphatic carbocycles. The van der Waals surface area contributed by atoms with Gasteiger partial charge < -0.3 is 0 Å². The van der Waals surface area contributed by atoms with Gasteiger partial charge in [-0.3, -0.25) is 19.9 Å². The molecule has 35 aromatic rings. The van der Waals surface area contributed by atoms with E-state index in [0.717, 1.165) is 87.7 Å². The van der Waals surface area contributed by atoms with E-state index in [9.17, 15) is 0 Å². The van der Waals surface area contributed by atoms with Crippen LogP contribution in [0.4, 0.5) is 0 Å². The van der Waals surface area contributed by atoms with Crippen LogP contribution < -0.4 is 0 Å². The minimum atomic E-state index is 0.808. The first kappa shape index (κ1) is 61.4. The first-order valence-corrected chi connectivity index (χ1v) is 40.7. The van der Waals surface area contributed by atoms with Gasteiger partial charge in [0.1, 0.15) is 0 Å². The molecule has 11 aromatic heterocycles. The van der Waals surface area contributed by atoms with Crippen molar-refractivity contribution < 1.29 is 0 Å². The zero-order valence-corrected chi connectivity index (χ0v) is 63.1. The van der Waals surface area contributed by atoms with Crippen molar-refractivity contribution in [2.75, 3.05) is 0 Å². The Labute approximate surface area is 674 Å². The summed E-state index contributed by atoms with van der Waals surface area (Å²) in [6.45, 7) is 4.55. The Bertz CT molecular complexity index is 7160. The Morgan fingerprint density at radius 3 is 0.508 bits per heavy atom. The van der Waals surface area contributed by atoms with Gasteiger partial charge in [-0.05, 0) is 86.2 Å². The van der Waals surface area contributed by atoms with E-state index in [1.807, 2.05) is 49.6 Å². The van der Waals surface area contributed by atoms with Gasteiger partial charge in [-0.2, -0.15) is 0 Å². The summed E-state index contributed by atoms with van der Waals surface area (Å²) >= 11 is 0. The second-order valence-corrected chi connectivity index (χ2v) is 33.2. The number of nitrogens with zero attached hydrogens (tertiary/aromatic N) is 12. The van der Waals surface area contributed by atoms with Crippen LogP contribution in [-0.2, 0) is 0 Å². The molecule has 14 heteroatoms. The van der Waals surface area contributed by atoms with Gasteiger partial charge in [0.25, 0.3) is 0 Å². The minimum Gasteiger partial charge on any atom is -0.256 e. The number of benzene rings is 24. The van der Waals surface area contributed by atoms with E-state index in [2.05, 4.69) is 284 Å². The molecule has 11 heterocycles. The first-order chi connectivity index (χ1) is 59.5. The van der Waals surface area contributed by atoms with Gasteiger partial charge in [0, 0.05) is 217 Å². The van der Waals surface area contributed by atoms with Crippen LogP contribution in [0.3, 0.4) is 0 Å². The third kappa shape index (κ3) is 7.43. The molecule has 12 nitrogen and oxygen atoms in total. The predicted octanol–water partition coefficient (Wildman–Crippen LogP) is 26.0. The van der Waals surface area contributed by atoms with Crippen molar-refractivity contribution in [3.63, 3.8) is 0 Å². The van der Waals surface area contributed by atoms with Gasteiger partial charge in [-0.1, -0.05) is 121 Å². The third-order valence-electron chi connectivity index (χ3n) is 27.7. The van der Waals surface area contributed by atoms with E-state index < -0.39 is 0 Å². The number of hydrogen-bond acceptors (Lipinski definition) is 12. The maximum absolute atomic E-state index is 4.73. The fourth-order valence-corrected chi connectivity index (χ4v) is 22.8. The van der Waals surface area contributed by atoms with Crippen LogP contribution in [0.15, 0.2) is 280 Å². The van der Waals surface area contributed by atoms with Crippen molar-refractivity contribution >= 4 is 338 Å².